The van der Waals surface area contributed by atoms with Crippen LogP contribution in [-0.4, -0.2) is 19.7 Å². The Morgan fingerprint density at radius 2 is 1.72 bits per heavy atom. The van der Waals surface area contributed by atoms with Crippen molar-refractivity contribution < 1.29 is 18.7 Å². The minimum atomic E-state index is -0.481. The Labute approximate surface area is 145 Å². The van der Waals surface area contributed by atoms with Crippen LogP contribution in [0.4, 0.5) is 4.39 Å². The number of fused-ring (bicyclic) bond motifs is 1. The fourth-order valence-corrected chi connectivity index (χ4v) is 2.47. The predicted octanol–water partition coefficient (Wildman–Crippen LogP) is 4.61. The lowest BCUT2D eigenvalue weighted by Crippen LogP contribution is -2.12. The van der Waals surface area contributed by atoms with Gasteiger partial charge in [-0.2, -0.15) is 0 Å². The maximum atomic E-state index is 13.0. The maximum Gasteiger partial charge on any atom is 0.337 e. The van der Waals surface area contributed by atoms with E-state index in [2.05, 4.69) is 0 Å². The number of hydrogen-bond acceptors (Lipinski definition) is 3. The third kappa shape index (κ3) is 4.23. The Balaban J connectivity index is 1.80. The molecule has 3 rings (SSSR count). The molecule has 0 heterocycles. The highest BCUT2D eigenvalue weighted by Crippen LogP contribution is 2.21. The van der Waals surface area contributed by atoms with Crippen molar-refractivity contribution in [1.82, 2.24) is 0 Å². The van der Waals surface area contributed by atoms with Gasteiger partial charge in [0.25, 0.3) is 0 Å². The number of benzene rings is 3. The third-order valence-corrected chi connectivity index (χ3v) is 3.77. The number of halogens is 1. The van der Waals surface area contributed by atoms with Gasteiger partial charge in [0.15, 0.2) is 0 Å². The van der Waals surface area contributed by atoms with Crippen LogP contribution in [0.3, 0.4) is 0 Å². The number of rotatable bonds is 5. The molecule has 0 N–H and O–H groups in total. The first-order chi connectivity index (χ1) is 12.2. The molecule has 0 spiro atoms. The zero-order valence-corrected chi connectivity index (χ0v) is 13.7. The highest BCUT2D eigenvalue weighted by atomic mass is 19.1. The van der Waals surface area contributed by atoms with Gasteiger partial charge in [0.1, 0.15) is 18.2 Å². The normalized spacial score (nSPS) is 11.4. The topological polar surface area (TPSA) is 35.5 Å². The molecule has 0 unspecified atom stereocenters. The minimum Gasteiger partial charge on any atom is -0.489 e. The van der Waals surface area contributed by atoms with Crippen LogP contribution < -0.4 is 4.74 Å². The molecule has 3 aromatic carbocycles. The van der Waals surface area contributed by atoms with Crippen LogP contribution in [0, 0.1) is 5.82 Å². The number of ether oxygens (including phenoxy) is 2. The Morgan fingerprint density at radius 3 is 2.44 bits per heavy atom. The van der Waals surface area contributed by atoms with Crippen LogP contribution in [-0.2, 0) is 9.53 Å². The summed E-state index contributed by atoms with van der Waals surface area (Å²) in [6.07, 6.45) is 1.63. The number of methoxy groups -OCH3 is 1. The Morgan fingerprint density at radius 1 is 1.00 bits per heavy atom. The molecule has 4 heteroatoms. The van der Waals surface area contributed by atoms with E-state index in [1.54, 1.807) is 18.2 Å². The zero-order chi connectivity index (χ0) is 17.6. The van der Waals surface area contributed by atoms with E-state index >= 15 is 0 Å². The molecule has 0 aliphatic heterocycles. The summed E-state index contributed by atoms with van der Waals surface area (Å²) in [7, 11) is 1.32. The van der Waals surface area contributed by atoms with Crippen molar-refractivity contribution in [3.05, 3.63) is 83.7 Å². The van der Waals surface area contributed by atoms with E-state index in [4.69, 9.17) is 9.47 Å². The molecule has 0 aliphatic carbocycles. The van der Waals surface area contributed by atoms with Crippen molar-refractivity contribution in [2.45, 2.75) is 0 Å². The van der Waals surface area contributed by atoms with Crippen LogP contribution in [0.5, 0.6) is 5.75 Å². The predicted molar refractivity (Wildman–Crippen MR) is 95.8 cm³/mol. The molecule has 0 radical (unpaired) electrons. The Bertz CT molecular complexity index is 914. The second-order valence-electron chi connectivity index (χ2n) is 5.51. The average Bonchev–Trinajstić information content (AvgIpc) is 2.65. The summed E-state index contributed by atoms with van der Waals surface area (Å²) in [4.78, 5) is 12.0. The van der Waals surface area contributed by atoms with Gasteiger partial charge in [0.2, 0.25) is 0 Å². The maximum absolute atomic E-state index is 13.0. The molecule has 0 fully saturated rings. The van der Waals surface area contributed by atoms with Gasteiger partial charge in [-0.3, -0.25) is 0 Å². The van der Waals surface area contributed by atoms with E-state index in [9.17, 15) is 9.18 Å². The van der Waals surface area contributed by atoms with Gasteiger partial charge in [0.05, 0.1) is 12.7 Å². The summed E-state index contributed by atoms with van der Waals surface area (Å²) in [5.74, 6) is -0.151. The molecule has 0 atom stereocenters. The van der Waals surface area contributed by atoms with Gasteiger partial charge in [-0.1, -0.05) is 42.5 Å². The third-order valence-electron chi connectivity index (χ3n) is 3.77. The van der Waals surface area contributed by atoms with Crippen molar-refractivity contribution in [2.24, 2.45) is 0 Å². The molecule has 3 aromatic rings. The highest BCUT2D eigenvalue weighted by Gasteiger charge is 2.11. The molecule has 0 saturated heterocycles. The first-order valence-electron chi connectivity index (χ1n) is 7.82. The molecule has 0 saturated carbocycles. The van der Waals surface area contributed by atoms with Gasteiger partial charge in [-0.25, -0.2) is 9.18 Å². The molecule has 3 nitrogen and oxygen atoms in total. The van der Waals surface area contributed by atoms with E-state index in [-0.39, 0.29) is 12.4 Å². The number of carbonyl (C=O) groups excluding carboxylic acids is 1. The monoisotopic (exact) mass is 336 g/mol. The second kappa shape index (κ2) is 7.62. The van der Waals surface area contributed by atoms with E-state index in [1.807, 2.05) is 42.5 Å². The lowest BCUT2D eigenvalue weighted by atomic mass is 10.1. The summed E-state index contributed by atoms with van der Waals surface area (Å²) in [5.41, 5.74) is 1.05. The SMILES string of the molecule is COC(=O)/C(=C/c1ccc(F)cc1)COc1ccc2ccccc2c1. The van der Waals surface area contributed by atoms with Gasteiger partial charge >= 0.3 is 5.97 Å². The van der Waals surface area contributed by atoms with Crippen LogP contribution in [0.2, 0.25) is 0 Å². The summed E-state index contributed by atoms with van der Waals surface area (Å²) in [6, 6.07) is 19.6. The Hall–Kier alpha value is -3.14. The van der Waals surface area contributed by atoms with Crippen molar-refractivity contribution in [3.8, 4) is 5.75 Å². The molecule has 0 aliphatic rings. The quantitative estimate of drug-likeness (QED) is 0.504. The van der Waals surface area contributed by atoms with Gasteiger partial charge < -0.3 is 9.47 Å². The molecule has 0 amide bonds. The van der Waals surface area contributed by atoms with Crippen molar-refractivity contribution in [3.63, 3.8) is 0 Å². The fraction of sp³-hybridized carbons (Fsp3) is 0.0952. The largest absolute Gasteiger partial charge is 0.489 e. The van der Waals surface area contributed by atoms with Crippen LogP contribution in [0.15, 0.2) is 72.3 Å². The molecular formula is C21H17FO3. The summed E-state index contributed by atoms with van der Waals surface area (Å²) < 4.78 is 23.6. The molecule has 25 heavy (non-hydrogen) atoms. The van der Waals surface area contributed by atoms with E-state index in [0.29, 0.717) is 16.9 Å². The van der Waals surface area contributed by atoms with Crippen LogP contribution in [0.1, 0.15) is 5.56 Å². The Kier molecular flexibility index (Phi) is 5.09. The van der Waals surface area contributed by atoms with Gasteiger partial charge in [-0.05, 0) is 46.7 Å². The first-order valence-corrected chi connectivity index (χ1v) is 7.82. The number of hydrogen-bond donors (Lipinski definition) is 0. The molecule has 0 bridgehead atoms. The van der Waals surface area contributed by atoms with Gasteiger partial charge in [0, 0.05) is 0 Å². The molecular weight excluding hydrogens is 319 g/mol. The van der Waals surface area contributed by atoms with E-state index in [0.717, 1.165) is 10.8 Å². The van der Waals surface area contributed by atoms with Crippen LogP contribution in [0.25, 0.3) is 16.8 Å². The number of carbonyl (C=O) groups is 1. The van der Waals surface area contributed by atoms with Crippen molar-refractivity contribution in [2.75, 3.05) is 13.7 Å². The van der Waals surface area contributed by atoms with E-state index < -0.39 is 5.97 Å². The standard InChI is InChI=1S/C21H17FO3/c1-24-21(23)18(12-15-6-9-19(22)10-7-15)14-25-20-11-8-16-4-2-3-5-17(16)13-20/h2-13H,14H2,1H3/b18-12+. The first kappa shape index (κ1) is 16.7. The highest BCUT2D eigenvalue weighted by molar-refractivity contribution is 5.94. The lowest BCUT2D eigenvalue weighted by molar-refractivity contribution is -0.136. The van der Waals surface area contributed by atoms with Gasteiger partial charge in [-0.15, -0.1) is 0 Å². The van der Waals surface area contributed by atoms with E-state index in [1.165, 1.54) is 19.2 Å². The summed E-state index contributed by atoms with van der Waals surface area (Å²) in [5, 5.41) is 2.17. The van der Waals surface area contributed by atoms with Crippen molar-refractivity contribution >= 4 is 22.8 Å². The zero-order valence-electron chi connectivity index (χ0n) is 13.7. The smallest absolute Gasteiger partial charge is 0.337 e. The van der Waals surface area contributed by atoms with Crippen molar-refractivity contribution in [1.29, 1.82) is 0 Å². The average molecular weight is 336 g/mol. The summed E-state index contributed by atoms with van der Waals surface area (Å²) in [6.45, 7) is 0.0579. The minimum absolute atomic E-state index is 0.0579. The molecule has 126 valence electrons. The fourth-order valence-electron chi connectivity index (χ4n) is 2.47. The number of esters is 1. The second-order valence-corrected chi connectivity index (χ2v) is 5.51. The van der Waals surface area contributed by atoms with Crippen LogP contribution >= 0.6 is 0 Å². The lowest BCUT2D eigenvalue weighted by Gasteiger charge is -2.10. The summed E-state index contributed by atoms with van der Waals surface area (Å²) >= 11 is 0. The molecule has 0 aromatic heterocycles.